The number of rotatable bonds is 11. The van der Waals surface area contributed by atoms with Crippen molar-refractivity contribution in [3.63, 3.8) is 0 Å². The molecule has 0 aliphatic rings. The van der Waals surface area contributed by atoms with Crippen molar-refractivity contribution in [2.24, 2.45) is 5.73 Å². The van der Waals surface area contributed by atoms with Crippen molar-refractivity contribution < 1.29 is 23.9 Å². The van der Waals surface area contributed by atoms with Crippen LogP contribution in [0.1, 0.15) is 49.8 Å². The predicted molar refractivity (Wildman–Crippen MR) is 125 cm³/mol. The van der Waals surface area contributed by atoms with Gasteiger partial charge >= 0.3 is 12.2 Å². The molecule has 0 saturated heterocycles. The lowest BCUT2D eigenvalue weighted by molar-refractivity contribution is -0.135. The second kappa shape index (κ2) is 12.4. The zero-order valence-corrected chi connectivity index (χ0v) is 20.3. The summed E-state index contributed by atoms with van der Waals surface area (Å²) in [5.41, 5.74) is 4.30. The SMILES string of the molecule is CC(C)(C)OC(=O)N[C@@H](CCCCOC(N)=O)C(=O)N(Cc1cccs1)Cc1cccs1. The van der Waals surface area contributed by atoms with E-state index in [-0.39, 0.29) is 12.5 Å². The van der Waals surface area contributed by atoms with Gasteiger partial charge in [-0.2, -0.15) is 0 Å². The van der Waals surface area contributed by atoms with Crippen molar-refractivity contribution >= 4 is 40.8 Å². The molecule has 10 heteroatoms. The Morgan fingerprint density at radius 3 is 2.12 bits per heavy atom. The van der Waals surface area contributed by atoms with E-state index in [0.717, 1.165) is 9.75 Å². The summed E-state index contributed by atoms with van der Waals surface area (Å²) in [6.45, 7) is 6.37. The molecule has 2 rings (SSSR count). The first-order chi connectivity index (χ1) is 15.1. The molecule has 0 bridgehead atoms. The highest BCUT2D eigenvalue weighted by Gasteiger charge is 2.28. The minimum atomic E-state index is -0.831. The number of primary amides is 1. The van der Waals surface area contributed by atoms with E-state index in [1.54, 1.807) is 48.3 Å². The number of thiophene rings is 2. The summed E-state index contributed by atoms with van der Waals surface area (Å²) in [6.07, 6.45) is -0.00541. The molecule has 0 unspecified atom stereocenters. The van der Waals surface area contributed by atoms with Crippen LogP contribution in [0.5, 0.6) is 0 Å². The van der Waals surface area contributed by atoms with Crippen molar-refractivity contribution in [1.82, 2.24) is 10.2 Å². The van der Waals surface area contributed by atoms with Crippen LogP contribution in [-0.4, -0.2) is 41.2 Å². The van der Waals surface area contributed by atoms with Gasteiger partial charge in [-0.25, -0.2) is 9.59 Å². The maximum atomic E-state index is 13.5. The lowest BCUT2D eigenvalue weighted by Crippen LogP contribution is -2.49. The fourth-order valence-corrected chi connectivity index (χ4v) is 4.38. The molecule has 176 valence electrons. The summed E-state index contributed by atoms with van der Waals surface area (Å²) in [4.78, 5) is 40.6. The third-order valence-electron chi connectivity index (χ3n) is 4.29. The minimum Gasteiger partial charge on any atom is -0.450 e. The largest absolute Gasteiger partial charge is 0.450 e. The molecule has 8 nitrogen and oxygen atoms in total. The summed E-state index contributed by atoms with van der Waals surface area (Å²) in [5, 5.41) is 6.68. The van der Waals surface area contributed by atoms with Crippen LogP contribution in [0.25, 0.3) is 0 Å². The highest BCUT2D eigenvalue weighted by molar-refractivity contribution is 7.10. The minimum absolute atomic E-state index is 0.163. The lowest BCUT2D eigenvalue weighted by Gasteiger charge is -2.28. The Labute approximate surface area is 196 Å². The van der Waals surface area contributed by atoms with Gasteiger partial charge in [0.2, 0.25) is 5.91 Å². The van der Waals surface area contributed by atoms with Crippen molar-refractivity contribution in [2.75, 3.05) is 6.61 Å². The second-order valence-corrected chi connectivity index (χ2v) is 10.3. The standard InChI is InChI=1S/C22H31N3O5S2/c1-22(2,3)30-21(28)24-18(10-4-5-11-29-20(23)27)19(26)25(14-16-8-6-12-31-16)15-17-9-7-13-32-17/h6-9,12-13,18H,4-5,10-11,14-15H2,1-3H3,(H2,23,27)(H,24,28)/t18-/m0/s1. The molecule has 3 amide bonds. The van der Waals surface area contributed by atoms with Crippen molar-refractivity contribution in [2.45, 2.75) is 64.8 Å². The molecule has 2 heterocycles. The molecular weight excluding hydrogens is 450 g/mol. The zero-order chi connectivity index (χ0) is 23.6. The van der Waals surface area contributed by atoms with E-state index in [1.165, 1.54) is 0 Å². The molecule has 0 aromatic carbocycles. The third kappa shape index (κ3) is 9.69. The van der Waals surface area contributed by atoms with Crippen molar-refractivity contribution in [1.29, 1.82) is 0 Å². The Kier molecular flexibility index (Phi) is 9.98. The quantitative estimate of drug-likeness (QED) is 0.459. The van der Waals surface area contributed by atoms with Crippen LogP contribution in [0.4, 0.5) is 9.59 Å². The first-order valence-electron chi connectivity index (χ1n) is 10.4. The van der Waals surface area contributed by atoms with Crippen molar-refractivity contribution in [3.05, 3.63) is 44.8 Å². The van der Waals surface area contributed by atoms with Crippen LogP contribution in [0.15, 0.2) is 35.0 Å². The molecule has 2 aromatic rings. The smallest absolute Gasteiger partial charge is 0.408 e. The Hall–Kier alpha value is -2.59. The van der Waals surface area contributed by atoms with Crippen LogP contribution < -0.4 is 11.1 Å². The van der Waals surface area contributed by atoms with Gasteiger partial charge in [0.25, 0.3) is 0 Å². The second-order valence-electron chi connectivity index (χ2n) is 8.22. The summed E-state index contributed by atoms with van der Waals surface area (Å²) in [5.74, 6) is -0.187. The highest BCUT2D eigenvalue weighted by atomic mass is 32.1. The van der Waals surface area contributed by atoms with Gasteiger partial charge in [0, 0.05) is 9.75 Å². The lowest BCUT2D eigenvalue weighted by atomic mass is 10.1. The molecular formula is C22H31N3O5S2. The maximum Gasteiger partial charge on any atom is 0.408 e. The number of hydrogen-bond acceptors (Lipinski definition) is 7. The third-order valence-corrected chi connectivity index (χ3v) is 6.01. The van der Waals surface area contributed by atoms with Gasteiger partial charge in [-0.3, -0.25) is 4.79 Å². The van der Waals surface area contributed by atoms with Crippen LogP contribution in [0.2, 0.25) is 0 Å². The molecule has 0 saturated carbocycles. The summed E-state index contributed by atoms with van der Waals surface area (Å²) >= 11 is 3.16. The average molecular weight is 482 g/mol. The van der Waals surface area contributed by atoms with Gasteiger partial charge in [0.1, 0.15) is 11.6 Å². The number of nitrogens with two attached hydrogens (primary N) is 1. The van der Waals surface area contributed by atoms with Crippen LogP contribution in [0.3, 0.4) is 0 Å². The Morgan fingerprint density at radius 1 is 1.06 bits per heavy atom. The number of unbranched alkanes of at least 4 members (excludes halogenated alkanes) is 1. The maximum absolute atomic E-state index is 13.5. The van der Waals surface area contributed by atoms with Crippen LogP contribution in [0, 0.1) is 0 Å². The monoisotopic (exact) mass is 481 g/mol. The fraction of sp³-hybridized carbons (Fsp3) is 0.500. The number of nitrogens with zero attached hydrogens (tertiary/aromatic N) is 1. The molecule has 32 heavy (non-hydrogen) atoms. The van der Waals surface area contributed by atoms with Crippen LogP contribution in [-0.2, 0) is 27.4 Å². The normalized spacial score (nSPS) is 12.1. The van der Waals surface area contributed by atoms with E-state index in [1.807, 2.05) is 35.0 Å². The predicted octanol–water partition coefficient (Wildman–Crippen LogP) is 4.50. The first kappa shape index (κ1) is 25.7. The molecule has 0 radical (unpaired) electrons. The van der Waals surface area contributed by atoms with Gasteiger partial charge in [0.15, 0.2) is 0 Å². The highest BCUT2D eigenvalue weighted by Crippen LogP contribution is 2.19. The number of nitrogens with one attached hydrogen (secondary N) is 1. The number of hydrogen-bond donors (Lipinski definition) is 2. The number of carbonyl (C=O) groups excluding carboxylic acids is 3. The number of ether oxygens (including phenoxy) is 2. The van der Waals surface area contributed by atoms with E-state index < -0.39 is 23.8 Å². The molecule has 2 aromatic heterocycles. The fourth-order valence-electron chi connectivity index (χ4n) is 2.94. The first-order valence-corrected chi connectivity index (χ1v) is 12.2. The summed E-state index contributed by atoms with van der Waals surface area (Å²) in [7, 11) is 0. The van der Waals surface area contributed by atoms with E-state index in [4.69, 9.17) is 15.2 Å². The van der Waals surface area contributed by atoms with Gasteiger partial charge in [0.05, 0.1) is 19.7 Å². The van der Waals surface area contributed by atoms with Crippen LogP contribution >= 0.6 is 22.7 Å². The summed E-state index contributed by atoms with van der Waals surface area (Å²) in [6, 6.07) is 7.10. The van der Waals surface area contributed by atoms with Gasteiger partial charge < -0.3 is 25.4 Å². The van der Waals surface area contributed by atoms with E-state index >= 15 is 0 Å². The van der Waals surface area contributed by atoms with Crippen molar-refractivity contribution in [3.8, 4) is 0 Å². The number of alkyl carbamates (subject to hydrolysis) is 1. The summed E-state index contributed by atoms with van der Waals surface area (Å²) < 4.78 is 10.1. The molecule has 0 aliphatic heterocycles. The Balaban J connectivity index is 2.12. The Morgan fingerprint density at radius 2 is 1.66 bits per heavy atom. The van der Waals surface area contributed by atoms with Gasteiger partial charge in [-0.05, 0) is 62.9 Å². The van der Waals surface area contributed by atoms with E-state index in [9.17, 15) is 14.4 Å². The average Bonchev–Trinajstić information content (AvgIpc) is 3.38. The van der Waals surface area contributed by atoms with E-state index in [2.05, 4.69) is 5.32 Å². The number of carbonyl (C=O) groups is 3. The van der Waals surface area contributed by atoms with Gasteiger partial charge in [-0.15, -0.1) is 22.7 Å². The molecule has 3 N–H and O–H groups in total. The zero-order valence-electron chi connectivity index (χ0n) is 18.7. The molecule has 0 aliphatic carbocycles. The molecule has 0 fully saturated rings. The van der Waals surface area contributed by atoms with Gasteiger partial charge in [-0.1, -0.05) is 12.1 Å². The van der Waals surface area contributed by atoms with E-state index in [0.29, 0.717) is 32.4 Å². The Bertz CT molecular complexity index is 811. The molecule has 0 spiro atoms. The topological polar surface area (TPSA) is 111 Å². The number of amides is 3. The molecule has 1 atom stereocenters.